The molecule has 0 aliphatic carbocycles. The molecule has 2 rings (SSSR count). The van der Waals surface area contributed by atoms with Gasteiger partial charge in [0, 0.05) is 18.9 Å². The van der Waals surface area contributed by atoms with Crippen molar-refractivity contribution in [2.24, 2.45) is 11.8 Å². The van der Waals surface area contributed by atoms with Gasteiger partial charge < -0.3 is 14.2 Å². The van der Waals surface area contributed by atoms with E-state index in [4.69, 9.17) is 14.2 Å². The molecule has 4 nitrogen and oxygen atoms in total. The summed E-state index contributed by atoms with van der Waals surface area (Å²) in [5.74, 6) is 0.151. The minimum atomic E-state index is -0.236. The highest BCUT2D eigenvalue weighted by Crippen LogP contribution is 2.37. The molecule has 1 aliphatic heterocycles. The molecule has 0 radical (unpaired) electrons. The van der Waals surface area contributed by atoms with Crippen molar-refractivity contribution in [3.8, 4) is 0 Å². The Kier molecular flexibility index (Phi) is 5.76. The highest BCUT2D eigenvalue weighted by Gasteiger charge is 2.42. The van der Waals surface area contributed by atoms with Crippen molar-refractivity contribution in [2.75, 3.05) is 14.2 Å². The second-order valence-electron chi connectivity index (χ2n) is 5.61. The molecule has 116 valence electrons. The smallest absolute Gasteiger partial charge is 0.305 e. The van der Waals surface area contributed by atoms with Crippen LogP contribution >= 0.6 is 0 Å². The van der Waals surface area contributed by atoms with Crippen LogP contribution in [0.15, 0.2) is 30.3 Å². The van der Waals surface area contributed by atoms with Crippen molar-refractivity contribution in [3.63, 3.8) is 0 Å². The number of ether oxygens (including phenoxy) is 3. The second kappa shape index (κ2) is 7.57. The number of benzene rings is 1. The van der Waals surface area contributed by atoms with Gasteiger partial charge in [0.15, 0.2) is 6.29 Å². The molecule has 1 heterocycles. The van der Waals surface area contributed by atoms with Crippen LogP contribution in [-0.2, 0) is 25.4 Å². The lowest BCUT2D eigenvalue weighted by molar-refractivity contribution is -0.142. The molecule has 0 bridgehead atoms. The normalized spacial score (nSPS) is 28.5. The summed E-state index contributed by atoms with van der Waals surface area (Å²) in [6.45, 7) is 2.07. The average molecular weight is 292 g/mol. The van der Waals surface area contributed by atoms with E-state index >= 15 is 0 Å². The molecule has 1 aromatic carbocycles. The lowest BCUT2D eigenvalue weighted by Crippen LogP contribution is -2.24. The monoisotopic (exact) mass is 292 g/mol. The van der Waals surface area contributed by atoms with E-state index in [9.17, 15) is 4.79 Å². The standard InChI is InChI=1S/C17H24O4/c1-12-14(11-16(18)19-2)15(21-17(12)20-3)10-9-13-7-5-4-6-8-13/h4-8,12,14-15,17H,9-11H2,1-3H3/t12-,14+,15-,17-/m1/s1. The summed E-state index contributed by atoms with van der Waals surface area (Å²) < 4.78 is 16.2. The van der Waals surface area contributed by atoms with Crippen LogP contribution in [0.2, 0.25) is 0 Å². The Morgan fingerprint density at radius 2 is 1.95 bits per heavy atom. The van der Waals surface area contributed by atoms with Crippen molar-refractivity contribution >= 4 is 5.97 Å². The molecule has 0 aromatic heterocycles. The van der Waals surface area contributed by atoms with Crippen LogP contribution in [0.5, 0.6) is 0 Å². The van der Waals surface area contributed by atoms with E-state index in [2.05, 4.69) is 19.1 Å². The van der Waals surface area contributed by atoms with Crippen LogP contribution in [0.4, 0.5) is 0 Å². The van der Waals surface area contributed by atoms with Gasteiger partial charge in [-0.1, -0.05) is 37.3 Å². The maximum absolute atomic E-state index is 11.6. The van der Waals surface area contributed by atoms with E-state index < -0.39 is 0 Å². The van der Waals surface area contributed by atoms with Gasteiger partial charge in [-0.05, 0) is 18.4 Å². The van der Waals surface area contributed by atoms with Crippen molar-refractivity contribution in [1.29, 1.82) is 0 Å². The lowest BCUT2D eigenvalue weighted by atomic mass is 9.86. The lowest BCUT2D eigenvalue weighted by Gasteiger charge is -2.19. The zero-order valence-corrected chi connectivity index (χ0v) is 13.0. The Morgan fingerprint density at radius 3 is 2.57 bits per heavy atom. The van der Waals surface area contributed by atoms with Crippen molar-refractivity contribution < 1.29 is 19.0 Å². The number of esters is 1. The van der Waals surface area contributed by atoms with Gasteiger partial charge in [0.1, 0.15) is 0 Å². The first-order valence-corrected chi connectivity index (χ1v) is 7.44. The summed E-state index contributed by atoms with van der Waals surface area (Å²) in [6.07, 6.45) is 2.00. The summed E-state index contributed by atoms with van der Waals surface area (Å²) in [6, 6.07) is 10.3. The minimum Gasteiger partial charge on any atom is -0.469 e. The Hall–Kier alpha value is -1.39. The first-order valence-electron chi connectivity index (χ1n) is 7.44. The summed E-state index contributed by atoms with van der Waals surface area (Å²) in [5.41, 5.74) is 1.28. The van der Waals surface area contributed by atoms with Gasteiger partial charge in [0.25, 0.3) is 0 Å². The summed E-state index contributed by atoms with van der Waals surface area (Å²) in [5, 5.41) is 0. The quantitative estimate of drug-likeness (QED) is 0.756. The number of hydrogen-bond acceptors (Lipinski definition) is 4. The molecular formula is C17H24O4. The van der Waals surface area contributed by atoms with Crippen LogP contribution in [0.25, 0.3) is 0 Å². The van der Waals surface area contributed by atoms with Gasteiger partial charge >= 0.3 is 5.97 Å². The maximum Gasteiger partial charge on any atom is 0.305 e. The first kappa shape index (κ1) is 16.0. The summed E-state index contributed by atoms with van der Waals surface area (Å²) in [4.78, 5) is 11.6. The molecule has 1 aromatic rings. The molecule has 21 heavy (non-hydrogen) atoms. The molecule has 1 fully saturated rings. The highest BCUT2D eigenvalue weighted by molar-refractivity contribution is 5.69. The van der Waals surface area contributed by atoms with E-state index in [1.165, 1.54) is 12.7 Å². The first-order chi connectivity index (χ1) is 10.2. The second-order valence-corrected chi connectivity index (χ2v) is 5.61. The van der Waals surface area contributed by atoms with Gasteiger partial charge in [0.05, 0.1) is 19.6 Å². The third-order valence-corrected chi connectivity index (χ3v) is 4.31. The van der Waals surface area contributed by atoms with E-state index in [0.29, 0.717) is 6.42 Å². The summed E-state index contributed by atoms with van der Waals surface area (Å²) in [7, 11) is 3.07. The van der Waals surface area contributed by atoms with Gasteiger partial charge in [-0.2, -0.15) is 0 Å². The van der Waals surface area contributed by atoms with Crippen molar-refractivity contribution in [1.82, 2.24) is 0 Å². The Balaban J connectivity index is 1.99. The number of rotatable bonds is 6. The zero-order valence-electron chi connectivity index (χ0n) is 13.0. The molecule has 0 saturated carbocycles. The van der Waals surface area contributed by atoms with Crippen LogP contribution in [0, 0.1) is 11.8 Å². The van der Waals surface area contributed by atoms with E-state index in [1.54, 1.807) is 7.11 Å². The molecule has 1 aliphatic rings. The number of carbonyl (C=O) groups excluding carboxylic acids is 1. The third-order valence-electron chi connectivity index (χ3n) is 4.31. The maximum atomic E-state index is 11.6. The molecule has 0 N–H and O–H groups in total. The molecule has 0 spiro atoms. The zero-order chi connectivity index (χ0) is 15.2. The fraction of sp³-hybridized carbons (Fsp3) is 0.588. The van der Waals surface area contributed by atoms with Gasteiger partial charge in [-0.25, -0.2) is 0 Å². The minimum absolute atomic E-state index is 0.0317. The van der Waals surface area contributed by atoms with Gasteiger partial charge in [-0.15, -0.1) is 0 Å². The average Bonchev–Trinajstić information content (AvgIpc) is 2.82. The van der Waals surface area contributed by atoms with Gasteiger partial charge in [0.2, 0.25) is 0 Å². The Labute approximate surface area is 126 Å². The number of aryl methyl sites for hydroxylation is 1. The molecular weight excluding hydrogens is 268 g/mol. The predicted molar refractivity (Wildman–Crippen MR) is 79.7 cm³/mol. The fourth-order valence-electron chi connectivity index (χ4n) is 3.04. The predicted octanol–water partition coefficient (Wildman–Crippen LogP) is 2.81. The number of carbonyl (C=O) groups is 1. The Bertz CT molecular complexity index is 445. The highest BCUT2D eigenvalue weighted by atomic mass is 16.7. The largest absolute Gasteiger partial charge is 0.469 e. The SMILES string of the molecule is COC(=O)C[C@H]1[C@@H](C)[C@H](OC)O[C@@H]1CCc1ccccc1. The van der Waals surface area contributed by atoms with Crippen LogP contribution in [0.1, 0.15) is 25.3 Å². The molecule has 0 unspecified atom stereocenters. The van der Waals surface area contributed by atoms with Crippen molar-refractivity contribution in [2.45, 2.75) is 38.6 Å². The molecule has 0 amide bonds. The number of hydrogen-bond donors (Lipinski definition) is 0. The molecule has 4 atom stereocenters. The van der Waals surface area contributed by atoms with Crippen LogP contribution in [-0.4, -0.2) is 32.6 Å². The molecule has 1 saturated heterocycles. The summed E-state index contributed by atoms with van der Waals surface area (Å²) >= 11 is 0. The van der Waals surface area contributed by atoms with Gasteiger partial charge in [-0.3, -0.25) is 4.79 Å². The van der Waals surface area contributed by atoms with E-state index in [0.717, 1.165) is 12.8 Å². The third kappa shape index (κ3) is 4.05. The van der Waals surface area contributed by atoms with Crippen LogP contribution in [0.3, 0.4) is 0 Å². The van der Waals surface area contributed by atoms with E-state index in [1.807, 2.05) is 18.2 Å². The topological polar surface area (TPSA) is 44.8 Å². The van der Waals surface area contributed by atoms with Crippen molar-refractivity contribution in [3.05, 3.63) is 35.9 Å². The van der Waals surface area contributed by atoms with Crippen LogP contribution < -0.4 is 0 Å². The molecule has 4 heteroatoms. The van der Waals surface area contributed by atoms with E-state index in [-0.39, 0.29) is 30.2 Å². The fourth-order valence-corrected chi connectivity index (χ4v) is 3.04. The Morgan fingerprint density at radius 1 is 1.24 bits per heavy atom. The number of methoxy groups -OCH3 is 2.